The van der Waals surface area contributed by atoms with E-state index in [9.17, 15) is 22.8 Å². The third-order valence-electron chi connectivity index (χ3n) is 5.12. The molecule has 0 aliphatic carbocycles. The van der Waals surface area contributed by atoms with Crippen molar-refractivity contribution < 1.29 is 27.5 Å². The maximum atomic E-state index is 12.6. The Morgan fingerprint density at radius 2 is 1.76 bits per heavy atom. The number of rotatable bonds is 4. The fourth-order valence-corrected chi connectivity index (χ4v) is 3.61. The molecule has 1 aliphatic heterocycles. The number of nitrogens with one attached hydrogen (secondary N) is 1. The Kier molecular flexibility index (Phi) is 7.35. The minimum Gasteiger partial charge on any atom is -0.406 e. The quantitative estimate of drug-likeness (QED) is 0.660. The van der Waals surface area contributed by atoms with Gasteiger partial charge in [0.2, 0.25) is 5.91 Å². The lowest BCUT2D eigenvalue weighted by Gasteiger charge is -2.38. The Labute approximate surface area is 201 Å². The monoisotopic (exact) mass is 494 g/mol. The zero-order chi connectivity index (χ0) is 25.3. The SMILES string of the molecule is [B]c1cc(Cl)c(NC(=O)c2ccc(N3CCN(C(=O)C(C)(C)C)CC3)nc2)cc1OC(F)(F)F. The number of hydrogen-bond acceptors (Lipinski definition) is 5. The number of aromatic nitrogens is 1. The largest absolute Gasteiger partial charge is 0.573 e. The van der Waals surface area contributed by atoms with Gasteiger partial charge in [-0.1, -0.05) is 37.8 Å². The fourth-order valence-electron chi connectivity index (χ4n) is 3.39. The molecule has 0 bridgehead atoms. The van der Waals surface area contributed by atoms with Crippen LogP contribution in [0.3, 0.4) is 0 Å². The van der Waals surface area contributed by atoms with Crippen LogP contribution in [-0.2, 0) is 4.79 Å². The highest BCUT2D eigenvalue weighted by molar-refractivity contribution is 6.39. The van der Waals surface area contributed by atoms with Crippen molar-refractivity contribution >= 4 is 48.2 Å². The van der Waals surface area contributed by atoms with Gasteiger partial charge in [0.25, 0.3) is 5.91 Å². The lowest BCUT2D eigenvalue weighted by Crippen LogP contribution is -2.51. The molecule has 1 fully saturated rings. The molecular formula is C22H23BClF3N4O3. The highest BCUT2D eigenvalue weighted by atomic mass is 35.5. The zero-order valence-corrected chi connectivity index (χ0v) is 19.6. The normalized spacial score (nSPS) is 14.7. The summed E-state index contributed by atoms with van der Waals surface area (Å²) in [6, 6.07) is 5.18. The molecule has 0 saturated carbocycles. The summed E-state index contributed by atoms with van der Waals surface area (Å²) in [5, 5.41) is 2.39. The Morgan fingerprint density at radius 1 is 1.12 bits per heavy atom. The van der Waals surface area contributed by atoms with Gasteiger partial charge in [-0.25, -0.2) is 4.98 Å². The van der Waals surface area contributed by atoms with Gasteiger partial charge in [0.05, 0.1) is 16.3 Å². The van der Waals surface area contributed by atoms with Crippen LogP contribution >= 0.6 is 11.6 Å². The molecule has 3 rings (SSSR count). The van der Waals surface area contributed by atoms with Crippen molar-refractivity contribution in [2.75, 3.05) is 36.4 Å². The van der Waals surface area contributed by atoms with Crippen LogP contribution in [0.5, 0.6) is 5.75 Å². The van der Waals surface area contributed by atoms with E-state index < -0.39 is 23.4 Å². The van der Waals surface area contributed by atoms with E-state index in [0.29, 0.717) is 32.0 Å². The molecule has 34 heavy (non-hydrogen) atoms. The first-order valence-electron chi connectivity index (χ1n) is 10.4. The van der Waals surface area contributed by atoms with Gasteiger partial charge in [0, 0.05) is 43.9 Å². The number of carbonyl (C=O) groups excluding carboxylic acids is 2. The van der Waals surface area contributed by atoms with Crippen molar-refractivity contribution in [3.63, 3.8) is 0 Å². The van der Waals surface area contributed by atoms with Gasteiger partial charge >= 0.3 is 6.36 Å². The summed E-state index contributed by atoms with van der Waals surface area (Å²) in [6.07, 6.45) is -3.59. The fraction of sp³-hybridized carbons (Fsp3) is 0.409. The van der Waals surface area contributed by atoms with Gasteiger partial charge in [-0.15, -0.1) is 13.2 Å². The number of hydrogen-bond donors (Lipinski definition) is 1. The third-order valence-corrected chi connectivity index (χ3v) is 5.43. The number of carbonyl (C=O) groups is 2. The number of benzene rings is 1. The summed E-state index contributed by atoms with van der Waals surface area (Å²) in [5.41, 5.74) is -0.682. The molecule has 2 radical (unpaired) electrons. The molecule has 0 spiro atoms. The summed E-state index contributed by atoms with van der Waals surface area (Å²) in [6.45, 7) is 7.99. The minimum absolute atomic E-state index is 0.0485. The van der Waals surface area contributed by atoms with Crippen molar-refractivity contribution in [1.82, 2.24) is 9.88 Å². The van der Waals surface area contributed by atoms with Crippen molar-refractivity contribution in [2.24, 2.45) is 5.41 Å². The molecule has 1 aromatic carbocycles. The van der Waals surface area contributed by atoms with E-state index in [1.165, 1.54) is 6.20 Å². The average Bonchev–Trinajstić information content (AvgIpc) is 2.75. The smallest absolute Gasteiger partial charge is 0.406 e. The predicted octanol–water partition coefficient (Wildman–Crippen LogP) is 3.37. The lowest BCUT2D eigenvalue weighted by molar-refractivity contribution is -0.274. The second-order valence-corrected chi connectivity index (χ2v) is 9.21. The van der Waals surface area contributed by atoms with Crippen LogP contribution in [0, 0.1) is 5.41 Å². The summed E-state index contributed by atoms with van der Waals surface area (Å²) >= 11 is 6.01. The van der Waals surface area contributed by atoms with Gasteiger partial charge in [-0.05, 0) is 18.2 Å². The molecule has 0 unspecified atom stereocenters. The van der Waals surface area contributed by atoms with Crippen LogP contribution in [0.1, 0.15) is 31.1 Å². The summed E-state index contributed by atoms with van der Waals surface area (Å²) in [4.78, 5) is 33.2. The lowest BCUT2D eigenvalue weighted by atomic mass is 9.94. The number of alkyl halides is 3. The molecule has 12 heteroatoms. The molecule has 2 aromatic rings. The molecule has 0 atom stereocenters. The standard InChI is InChI=1S/C22H23BClF3N4O3/c1-21(2,3)20(33)31-8-6-30(7-9-31)18-5-4-13(12-28-18)19(32)29-16-11-17(34-22(25,26)27)14(23)10-15(16)24/h4-5,10-12H,6-9H2,1-3H3,(H,29,32). The van der Waals surface area contributed by atoms with Crippen LogP contribution in [-0.4, -0.2) is 62.1 Å². The Balaban J connectivity index is 1.65. The van der Waals surface area contributed by atoms with Crippen molar-refractivity contribution in [1.29, 1.82) is 0 Å². The number of pyridine rings is 1. The number of anilines is 2. The average molecular weight is 495 g/mol. The maximum absolute atomic E-state index is 12.6. The Bertz CT molecular complexity index is 1070. The van der Waals surface area contributed by atoms with Crippen LogP contribution in [0.15, 0.2) is 30.5 Å². The number of piperazine rings is 1. The first-order chi connectivity index (χ1) is 15.7. The molecule has 1 saturated heterocycles. The van der Waals surface area contributed by atoms with E-state index in [2.05, 4.69) is 15.0 Å². The van der Waals surface area contributed by atoms with Gasteiger partial charge in [-0.2, -0.15) is 0 Å². The molecule has 7 nitrogen and oxygen atoms in total. The first-order valence-corrected chi connectivity index (χ1v) is 10.8. The molecule has 1 aromatic heterocycles. The van der Waals surface area contributed by atoms with Gasteiger partial charge in [0.15, 0.2) is 0 Å². The summed E-state index contributed by atoms with van der Waals surface area (Å²) in [7, 11) is 5.51. The highest BCUT2D eigenvalue weighted by Gasteiger charge is 2.32. The van der Waals surface area contributed by atoms with Crippen LogP contribution in [0.4, 0.5) is 24.7 Å². The van der Waals surface area contributed by atoms with E-state index in [1.807, 2.05) is 30.6 Å². The molecule has 1 aliphatic rings. The van der Waals surface area contributed by atoms with Crippen molar-refractivity contribution in [2.45, 2.75) is 27.1 Å². The van der Waals surface area contributed by atoms with E-state index in [4.69, 9.17) is 19.4 Å². The molecular weight excluding hydrogens is 472 g/mol. The summed E-state index contributed by atoms with van der Waals surface area (Å²) < 4.78 is 41.5. The van der Waals surface area contributed by atoms with Crippen molar-refractivity contribution in [3.8, 4) is 5.75 Å². The van der Waals surface area contributed by atoms with E-state index in [0.717, 1.165) is 12.1 Å². The highest BCUT2D eigenvalue weighted by Crippen LogP contribution is 2.29. The molecule has 180 valence electrons. The second-order valence-electron chi connectivity index (χ2n) is 8.81. The zero-order valence-electron chi connectivity index (χ0n) is 18.9. The minimum atomic E-state index is -4.95. The summed E-state index contributed by atoms with van der Waals surface area (Å²) in [5.74, 6) is -0.558. The number of nitrogens with zero attached hydrogens (tertiary/aromatic N) is 3. The topological polar surface area (TPSA) is 74.8 Å². The number of amides is 2. The molecule has 2 amide bonds. The van der Waals surface area contributed by atoms with E-state index in [1.54, 1.807) is 12.1 Å². The molecule has 2 heterocycles. The van der Waals surface area contributed by atoms with E-state index >= 15 is 0 Å². The van der Waals surface area contributed by atoms with Crippen LogP contribution < -0.4 is 20.4 Å². The Morgan fingerprint density at radius 3 is 2.29 bits per heavy atom. The van der Waals surface area contributed by atoms with Gasteiger partial charge < -0.3 is 19.9 Å². The number of ether oxygens (including phenoxy) is 1. The van der Waals surface area contributed by atoms with Gasteiger partial charge in [0.1, 0.15) is 19.4 Å². The van der Waals surface area contributed by atoms with Crippen molar-refractivity contribution in [3.05, 3.63) is 41.0 Å². The first kappa shape index (κ1) is 25.7. The second kappa shape index (κ2) is 9.73. The Hall–Kier alpha value is -2.95. The maximum Gasteiger partial charge on any atom is 0.573 e. The van der Waals surface area contributed by atoms with Crippen LogP contribution in [0.25, 0.3) is 0 Å². The van der Waals surface area contributed by atoms with E-state index in [-0.39, 0.29) is 27.6 Å². The predicted molar refractivity (Wildman–Crippen MR) is 124 cm³/mol. The van der Waals surface area contributed by atoms with Crippen LogP contribution in [0.2, 0.25) is 5.02 Å². The molecule has 1 N–H and O–H groups in total. The van der Waals surface area contributed by atoms with Gasteiger partial charge in [-0.3, -0.25) is 9.59 Å². The third kappa shape index (κ3) is 6.34. The number of halogens is 4.